The quantitative estimate of drug-likeness (QED) is 0.874. The normalized spacial score (nSPS) is 31.2. The number of para-hydroxylation sites is 1. The third kappa shape index (κ3) is 3.34. The van der Waals surface area contributed by atoms with Crippen LogP contribution in [0, 0.1) is 11.8 Å². The van der Waals surface area contributed by atoms with Crippen LogP contribution in [-0.2, 0) is 16.1 Å². The van der Waals surface area contributed by atoms with Crippen LogP contribution in [0.5, 0.6) is 0 Å². The standard InChI is InChI=1S/C22H29N3O3/c26-21-12-18-14-25(13-17(18)11-20(21)23-7-9-28-10-8-23)22(27)15-24-6-5-16-3-1-2-4-19(16)24/h1-6,17-18,20-21,26H,7-15H2/t17-,18+,20-,21-/m1/s1. The highest BCUT2D eigenvalue weighted by molar-refractivity contribution is 5.83. The van der Waals surface area contributed by atoms with Crippen molar-refractivity contribution in [2.75, 3.05) is 39.4 Å². The van der Waals surface area contributed by atoms with Crippen molar-refractivity contribution in [2.45, 2.75) is 31.5 Å². The van der Waals surface area contributed by atoms with E-state index in [1.54, 1.807) is 0 Å². The van der Waals surface area contributed by atoms with Gasteiger partial charge in [-0.15, -0.1) is 0 Å². The molecule has 150 valence electrons. The van der Waals surface area contributed by atoms with Gasteiger partial charge < -0.3 is 19.3 Å². The molecule has 4 atom stereocenters. The summed E-state index contributed by atoms with van der Waals surface area (Å²) in [6, 6.07) is 10.5. The van der Waals surface area contributed by atoms with Crippen LogP contribution in [0.1, 0.15) is 12.8 Å². The number of benzene rings is 1. The number of hydrogen-bond donors (Lipinski definition) is 1. The van der Waals surface area contributed by atoms with Gasteiger partial charge in [-0.2, -0.15) is 0 Å². The lowest BCUT2D eigenvalue weighted by molar-refractivity contribution is -0.130. The van der Waals surface area contributed by atoms with Gasteiger partial charge in [0.2, 0.25) is 5.91 Å². The van der Waals surface area contributed by atoms with Gasteiger partial charge in [0.1, 0.15) is 6.54 Å². The number of aliphatic hydroxyl groups is 1. The number of aromatic nitrogens is 1. The predicted octanol–water partition coefficient (Wildman–Crippen LogP) is 1.57. The number of morpholine rings is 1. The van der Waals surface area contributed by atoms with Crippen LogP contribution in [0.3, 0.4) is 0 Å². The topological polar surface area (TPSA) is 57.9 Å². The van der Waals surface area contributed by atoms with Crippen LogP contribution >= 0.6 is 0 Å². The lowest BCUT2D eigenvalue weighted by Crippen LogP contribution is -2.53. The molecule has 1 aromatic heterocycles. The van der Waals surface area contributed by atoms with Crippen molar-refractivity contribution in [3.05, 3.63) is 36.5 Å². The number of nitrogens with zero attached hydrogens (tertiary/aromatic N) is 3. The molecule has 1 aliphatic carbocycles. The highest BCUT2D eigenvalue weighted by Crippen LogP contribution is 2.38. The lowest BCUT2D eigenvalue weighted by Gasteiger charge is -2.43. The summed E-state index contributed by atoms with van der Waals surface area (Å²) in [4.78, 5) is 17.4. The van der Waals surface area contributed by atoms with E-state index in [0.29, 0.717) is 18.4 Å². The largest absolute Gasteiger partial charge is 0.391 e. The first-order valence-corrected chi connectivity index (χ1v) is 10.5. The van der Waals surface area contributed by atoms with E-state index in [1.165, 1.54) is 5.39 Å². The minimum Gasteiger partial charge on any atom is -0.391 e. The Morgan fingerprint density at radius 3 is 2.64 bits per heavy atom. The van der Waals surface area contributed by atoms with Gasteiger partial charge in [-0.1, -0.05) is 18.2 Å². The summed E-state index contributed by atoms with van der Waals surface area (Å²) in [5.74, 6) is 1.12. The Morgan fingerprint density at radius 2 is 1.82 bits per heavy atom. The number of rotatable bonds is 3. The van der Waals surface area contributed by atoms with Crippen LogP contribution in [0.4, 0.5) is 0 Å². The molecule has 0 bridgehead atoms. The minimum atomic E-state index is -0.289. The van der Waals surface area contributed by atoms with Gasteiger partial charge in [0.25, 0.3) is 0 Å². The number of aliphatic hydroxyl groups excluding tert-OH is 1. The molecule has 6 heteroatoms. The third-order valence-electron chi connectivity index (χ3n) is 6.96. The molecule has 2 saturated heterocycles. The van der Waals surface area contributed by atoms with Crippen molar-refractivity contribution in [1.29, 1.82) is 0 Å². The molecule has 1 amide bonds. The average Bonchev–Trinajstić information content (AvgIpc) is 3.32. The van der Waals surface area contributed by atoms with E-state index in [2.05, 4.69) is 23.1 Å². The van der Waals surface area contributed by atoms with Gasteiger partial charge in [-0.3, -0.25) is 9.69 Å². The summed E-state index contributed by atoms with van der Waals surface area (Å²) in [5, 5.41) is 11.9. The molecule has 3 fully saturated rings. The fourth-order valence-corrected chi connectivity index (χ4v) is 5.44. The Morgan fingerprint density at radius 1 is 1.07 bits per heavy atom. The van der Waals surface area contributed by atoms with Crippen molar-refractivity contribution < 1.29 is 14.6 Å². The van der Waals surface area contributed by atoms with Gasteiger partial charge in [-0.05, 0) is 42.2 Å². The molecule has 0 spiro atoms. The number of amides is 1. The van der Waals surface area contributed by atoms with Crippen LogP contribution in [0.2, 0.25) is 0 Å². The highest BCUT2D eigenvalue weighted by atomic mass is 16.5. The van der Waals surface area contributed by atoms with Crippen LogP contribution < -0.4 is 0 Å². The Bertz CT molecular complexity index is 844. The third-order valence-corrected chi connectivity index (χ3v) is 6.96. The maximum absolute atomic E-state index is 13.0. The zero-order chi connectivity index (χ0) is 19.1. The Labute approximate surface area is 165 Å². The SMILES string of the molecule is O=C(Cn1ccc2ccccc21)N1C[C@H]2C[C@@H](N3CCOCC3)[C@H](O)C[C@H]2C1. The fourth-order valence-electron chi connectivity index (χ4n) is 5.44. The smallest absolute Gasteiger partial charge is 0.242 e. The Kier molecular flexibility index (Phi) is 4.87. The van der Waals surface area contributed by atoms with Crippen LogP contribution in [-0.4, -0.2) is 76.9 Å². The molecule has 5 rings (SSSR count). The van der Waals surface area contributed by atoms with Crippen molar-refractivity contribution in [3.63, 3.8) is 0 Å². The molecule has 28 heavy (non-hydrogen) atoms. The summed E-state index contributed by atoms with van der Waals surface area (Å²) >= 11 is 0. The second kappa shape index (κ2) is 7.50. The Balaban J connectivity index is 1.24. The first kappa shape index (κ1) is 18.2. The number of hydrogen-bond acceptors (Lipinski definition) is 4. The second-order valence-electron chi connectivity index (χ2n) is 8.58. The van der Waals surface area contributed by atoms with Crippen molar-refractivity contribution in [1.82, 2.24) is 14.4 Å². The Hall–Kier alpha value is -1.89. The second-order valence-corrected chi connectivity index (χ2v) is 8.58. The molecule has 2 aliphatic heterocycles. The van der Waals surface area contributed by atoms with Crippen LogP contribution in [0.25, 0.3) is 10.9 Å². The summed E-state index contributed by atoms with van der Waals surface area (Å²) in [6.07, 6.45) is 3.51. The molecular formula is C22H29N3O3. The molecule has 2 aromatic rings. The van der Waals surface area contributed by atoms with E-state index in [0.717, 1.165) is 57.8 Å². The van der Waals surface area contributed by atoms with Gasteiger partial charge >= 0.3 is 0 Å². The molecule has 0 unspecified atom stereocenters. The van der Waals surface area contributed by atoms with E-state index in [-0.39, 0.29) is 18.1 Å². The minimum absolute atomic E-state index is 0.188. The molecule has 6 nitrogen and oxygen atoms in total. The van der Waals surface area contributed by atoms with E-state index < -0.39 is 0 Å². The molecule has 1 N–H and O–H groups in total. The highest BCUT2D eigenvalue weighted by Gasteiger charge is 2.44. The number of likely N-dealkylation sites (tertiary alicyclic amines) is 1. The van der Waals surface area contributed by atoms with Crippen molar-refractivity contribution in [3.8, 4) is 0 Å². The fraction of sp³-hybridized carbons (Fsp3) is 0.591. The number of carbonyl (C=O) groups is 1. The number of fused-ring (bicyclic) bond motifs is 2. The molecule has 3 aliphatic rings. The van der Waals surface area contributed by atoms with Crippen molar-refractivity contribution in [2.24, 2.45) is 11.8 Å². The number of carbonyl (C=O) groups excluding carboxylic acids is 1. The molecule has 1 saturated carbocycles. The van der Waals surface area contributed by atoms with Gasteiger partial charge in [-0.25, -0.2) is 0 Å². The summed E-state index contributed by atoms with van der Waals surface area (Å²) < 4.78 is 7.51. The van der Waals surface area contributed by atoms with Gasteiger partial charge in [0.15, 0.2) is 0 Å². The summed E-state index contributed by atoms with van der Waals surface area (Å²) in [6.45, 7) is 5.33. The molecule has 0 radical (unpaired) electrons. The van der Waals surface area contributed by atoms with Crippen LogP contribution in [0.15, 0.2) is 36.5 Å². The molecule has 3 heterocycles. The predicted molar refractivity (Wildman–Crippen MR) is 107 cm³/mol. The van der Waals surface area contributed by atoms with Gasteiger partial charge in [0.05, 0.1) is 19.3 Å². The van der Waals surface area contributed by atoms with E-state index >= 15 is 0 Å². The first-order chi connectivity index (χ1) is 13.7. The van der Waals surface area contributed by atoms with E-state index in [1.807, 2.05) is 27.8 Å². The zero-order valence-corrected chi connectivity index (χ0v) is 16.2. The molecular weight excluding hydrogens is 354 g/mol. The monoisotopic (exact) mass is 383 g/mol. The maximum atomic E-state index is 13.0. The van der Waals surface area contributed by atoms with Crippen molar-refractivity contribution >= 4 is 16.8 Å². The first-order valence-electron chi connectivity index (χ1n) is 10.5. The zero-order valence-electron chi connectivity index (χ0n) is 16.2. The number of ether oxygens (including phenoxy) is 1. The molecule has 1 aromatic carbocycles. The maximum Gasteiger partial charge on any atom is 0.242 e. The van der Waals surface area contributed by atoms with Gasteiger partial charge in [0, 0.05) is 43.9 Å². The summed E-state index contributed by atoms with van der Waals surface area (Å²) in [5.41, 5.74) is 1.11. The average molecular weight is 383 g/mol. The van der Waals surface area contributed by atoms with E-state index in [4.69, 9.17) is 4.74 Å². The summed E-state index contributed by atoms with van der Waals surface area (Å²) in [7, 11) is 0. The lowest BCUT2D eigenvalue weighted by atomic mass is 9.77. The van der Waals surface area contributed by atoms with E-state index in [9.17, 15) is 9.90 Å².